The van der Waals surface area contributed by atoms with Gasteiger partial charge >= 0.3 is 0 Å². The zero-order chi connectivity index (χ0) is 11.4. The van der Waals surface area contributed by atoms with Gasteiger partial charge in [-0.25, -0.2) is 0 Å². The van der Waals surface area contributed by atoms with Gasteiger partial charge in [-0.3, -0.25) is 20.2 Å². The number of rotatable bonds is 2. The van der Waals surface area contributed by atoms with E-state index in [4.69, 9.17) is 0 Å². The van der Waals surface area contributed by atoms with E-state index in [1.54, 1.807) is 6.92 Å². The summed E-state index contributed by atoms with van der Waals surface area (Å²) in [4.78, 5) is 33.1. The predicted octanol–water partition coefficient (Wildman–Crippen LogP) is 0.0968. The molecule has 0 unspecified atom stereocenters. The molecule has 0 aliphatic carbocycles. The van der Waals surface area contributed by atoms with Crippen LogP contribution in [0.2, 0.25) is 0 Å². The standard InChI is InChI=1S/C8H11N5O2/c1-4-9-7(11-5(2)14)13-8(10-4)12-6(3)15/h1-3H3,(H2,9,10,11,12,13,14,15). The molecule has 0 aromatic carbocycles. The van der Waals surface area contributed by atoms with Gasteiger partial charge in [0.1, 0.15) is 5.82 Å². The highest BCUT2D eigenvalue weighted by atomic mass is 16.2. The van der Waals surface area contributed by atoms with Gasteiger partial charge in [-0.15, -0.1) is 0 Å². The van der Waals surface area contributed by atoms with Crippen LogP contribution in [0.4, 0.5) is 11.9 Å². The largest absolute Gasteiger partial charge is 0.295 e. The van der Waals surface area contributed by atoms with E-state index in [1.165, 1.54) is 13.8 Å². The van der Waals surface area contributed by atoms with Crippen molar-refractivity contribution < 1.29 is 9.59 Å². The Morgan fingerprint density at radius 1 is 0.933 bits per heavy atom. The summed E-state index contributed by atoms with van der Waals surface area (Å²) in [6, 6.07) is 0. The first-order chi connectivity index (χ1) is 6.97. The molecule has 1 aromatic rings. The van der Waals surface area contributed by atoms with Crippen LogP contribution in [0, 0.1) is 6.92 Å². The maximum Gasteiger partial charge on any atom is 0.234 e. The lowest BCUT2D eigenvalue weighted by atomic mass is 10.6. The first kappa shape index (κ1) is 11.0. The Morgan fingerprint density at radius 2 is 1.33 bits per heavy atom. The highest BCUT2D eigenvalue weighted by Gasteiger charge is 2.05. The van der Waals surface area contributed by atoms with Gasteiger partial charge in [0.25, 0.3) is 0 Å². The number of aromatic nitrogens is 3. The Kier molecular flexibility index (Phi) is 3.27. The molecule has 0 atom stereocenters. The molecular formula is C8H11N5O2. The number of aryl methyl sites for hydroxylation is 1. The highest BCUT2D eigenvalue weighted by molar-refractivity contribution is 5.88. The summed E-state index contributed by atoms with van der Waals surface area (Å²) in [5, 5.41) is 4.81. The molecule has 1 rings (SSSR count). The van der Waals surface area contributed by atoms with Gasteiger partial charge in [-0.2, -0.15) is 15.0 Å². The summed E-state index contributed by atoms with van der Waals surface area (Å²) in [6.45, 7) is 4.33. The normalized spacial score (nSPS) is 9.53. The Hall–Kier alpha value is -2.05. The molecule has 0 saturated heterocycles. The van der Waals surface area contributed by atoms with Crippen molar-refractivity contribution in [1.29, 1.82) is 0 Å². The lowest BCUT2D eigenvalue weighted by molar-refractivity contribution is -0.115. The van der Waals surface area contributed by atoms with E-state index < -0.39 is 0 Å². The van der Waals surface area contributed by atoms with Gasteiger partial charge in [0, 0.05) is 13.8 Å². The predicted molar refractivity (Wildman–Crippen MR) is 53.2 cm³/mol. The molecule has 1 heterocycles. The summed E-state index contributed by atoms with van der Waals surface area (Å²) < 4.78 is 0. The number of hydrogen-bond acceptors (Lipinski definition) is 5. The SMILES string of the molecule is CC(=O)Nc1nc(C)nc(NC(C)=O)n1. The van der Waals surface area contributed by atoms with E-state index in [9.17, 15) is 9.59 Å². The summed E-state index contributed by atoms with van der Waals surface area (Å²) in [7, 11) is 0. The first-order valence-corrected chi connectivity index (χ1v) is 4.25. The number of carbonyl (C=O) groups is 2. The van der Waals surface area contributed by atoms with Crippen molar-refractivity contribution in [3.05, 3.63) is 5.82 Å². The van der Waals surface area contributed by atoms with Crippen LogP contribution in [-0.4, -0.2) is 26.8 Å². The monoisotopic (exact) mass is 209 g/mol. The van der Waals surface area contributed by atoms with Crippen LogP contribution in [0.1, 0.15) is 19.7 Å². The van der Waals surface area contributed by atoms with Crippen molar-refractivity contribution >= 4 is 23.7 Å². The molecule has 1 aromatic heterocycles. The number of nitrogens with zero attached hydrogens (tertiary/aromatic N) is 3. The number of anilines is 2. The molecule has 7 heteroatoms. The number of carbonyl (C=O) groups excluding carboxylic acids is 2. The fourth-order valence-electron chi connectivity index (χ4n) is 0.909. The van der Waals surface area contributed by atoms with E-state index in [-0.39, 0.29) is 23.7 Å². The molecule has 0 spiro atoms. The second-order valence-corrected chi connectivity index (χ2v) is 2.89. The van der Waals surface area contributed by atoms with E-state index in [0.717, 1.165) is 0 Å². The fraction of sp³-hybridized carbons (Fsp3) is 0.375. The van der Waals surface area contributed by atoms with Crippen LogP contribution in [0.5, 0.6) is 0 Å². The summed E-state index contributed by atoms with van der Waals surface area (Å²) >= 11 is 0. The van der Waals surface area contributed by atoms with Crippen LogP contribution < -0.4 is 10.6 Å². The van der Waals surface area contributed by atoms with Crippen LogP contribution in [0.3, 0.4) is 0 Å². The fourth-order valence-corrected chi connectivity index (χ4v) is 0.909. The number of nitrogens with one attached hydrogen (secondary N) is 2. The molecule has 15 heavy (non-hydrogen) atoms. The van der Waals surface area contributed by atoms with Crippen LogP contribution in [-0.2, 0) is 9.59 Å². The maximum absolute atomic E-state index is 10.8. The zero-order valence-corrected chi connectivity index (χ0v) is 8.66. The third kappa shape index (κ3) is 3.67. The molecular weight excluding hydrogens is 198 g/mol. The molecule has 80 valence electrons. The second-order valence-electron chi connectivity index (χ2n) is 2.89. The van der Waals surface area contributed by atoms with Crippen molar-refractivity contribution in [3.8, 4) is 0 Å². The van der Waals surface area contributed by atoms with Crippen LogP contribution in [0.15, 0.2) is 0 Å². The topological polar surface area (TPSA) is 96.9 Å². The Labute approximate surface area is 86.3 Å². The molecule has 0 bridgehead atoms. The van der Waals surface area contributed by atoms with Gasteiger partial charge in [-0.1, -0.05) is 0 Å². The minimum Gasteiger partial charge on any atom is -0.295 e. The van der Waals surface area contributed by atoms with Crippen LogP contribution >= 0.6 is 0 Å². The lowest BCUT2D eigenvalue weighted by Crippen LogP contribution is -2.15. The van der Waals surface area contributed by atoms with Crippen molar-refractivity contribution in [2.75, 3.05) is 10.6 Å². The number of amides is 2. The first-order valence-electron chi connectivity index (χ1n) is 4.25. The maximum atomic E-state index is 10.8. The van der Waals surface area contributed by atoms with Crippen molar-refractivity contribution in [2.24, 2.45) is 0 Å². The Bertz CT molecular complexity index is 370. The molecule has 0 aliphatic heterocycles. The molecule has 0 aliphatic rings. The van der Waals surface area contributed by atoms with Gasteiger partial charge in [-0.05, 0) is 6.92 Å². The van der Waals surface area contributed by atoms with Gasteiger partial charge in [0.15, 0.2) is 0 Å². The quantitative estimate of drug-likeness (QED) is 0.719. The minimum atomic E-state index is -0.283. The van der Waals surface area contributed by atoms with E-state index in [0.29, 0.717) is 5.82 Å². The van der Waals surface area contributed by atoms with Gasteiger partial charge < -0.3 is 0 Å². The van der Waals surface area contributed by atoms with Crippen LogP contribution in [0.25, 0.3) is 0 Å². The molecule has 0 fully saturated rings. The van der Waals surface area contributed by atoms with Crippen molar-refractivity contribution in [1.82, 2.24) is 15.0 Å². The highest BCUT2D eigenvalue weighted by Crippen LogP contribution is 2.04. The number of hydrogen-bond donors (Lipinski definition) is 2. The molecule has 2 N–H and O–H groups in total. The molecule has 2 amide bonds. The van der Waals surface area contributed by atoms with E-state index in [2.05, 4.69) is 25.6 Å². The average Bonchev–Trinajstić information content (AvgIpc) is 1.98. The van der Waals surface area contributed by atoms with Gasteiger partial charge in [0.05, 0.1) is 0 Å². The van der Waals surface area contributed by atoms with E-state index >= 15 is 0 Å². The summed E-state index contributed by atoms with van der Waals surface area (Å²) in [5.74, 6) is 0.0961. The Morgan fingerprint density at radius 3 is 1.67 bits per heavy atom. The lowest BCUT2D eigenvalue weighted by Gasteiger charge is -2.04. The molecule has 7 nitrogen and oxygen atoms in total. The summed E-state index contributed by atoms with van der Waals surface area (Å²) in [6.07, 6.45) is 0. The smallest absolute Gasteiger partial charge is 0.234 e. The molecule has 0 radical (unpaired) electrons. The third-order valence-electron chi connectivity index (χ3n) is 1.32. The second kappa shape index (κ2) is 4.45. The Balaban J connectivity index is 2.94. The van der Waals surface area contributed by atoms with Gasteiger partial charge in [0.2, 0.25) is 23.7 Å². The zero-order valence-electron chi connectivity index (χ0n) is 8.66. The van der Waals surface area contributed by atoms with Crippen molar-refractivity contribution in [3.63, 3.8) is 0 Å². The summed E-state index contributed by atoms with van der Waals surface area (Å²) in [5.41, 5.74) is 0. The molecule has 0 saturated carbocycles. The minimum absolute atomic E-state index is 0.124. The van der Waals surface area contributed by atoms with Crippen molar-refractivity contribution in [2.45, 2.75) is 20.8 Å². The average molecular weight is 209 g/mol. The van der Waals surface area contributed by atoms with E-state index in [1.807, 2.05) is 0 Å². The third-order valence-corrected chi connectivity index (χ3v) is 1.32.